The Morgan fingerprint density at radius 2 is 1.57 bits per heavy atom. The van der Waals surface area contributed by atoms with Crippen LogP contribution >= 0.6 is 27.3 Å². The highest BCUT2D eigenvalue weighted by molar-refractivity contribution is 9.10. The lowest BCUT2D eigenvalue weighted by atomic mass is 9.97. The third-order valence-corrected chi connectivity index (χ3v) is 7.23. The zero-order chi connectivity index (χ0) is 24.6. The molecule has 2 N–H and O–H groups in total. The molecule has 0 unspecified atom stereocenters. The van der Waals surface area contributed by atoms with Crippen molar-refractivity contribution in [3.8, 4) is 0 Å². The molecule has 0 radical (unpaired) electrons. The molecule has 1 heterocycles. The van der Waals surface area contributed by atoms with E-state index in [1.807, 2.05) is 82.6 Å². The number of carbonyl (C=O) groups is 1. The van der Waals surface area contributed by atoms with Gasteiger partial charge in [0.05, 0.1) is 11.7 Å². The number of nitrogens with two attached hydrogens (primary N) is 1. The number of carbonyl (C=O) groups excluding carboxylic acids is 1. The van der Waals surface area contributed by atoms with Crippen molar-refractivity contribution in [2.24, 2.45) is 10.7 Å². The summed E-state index contributed by atoms with van der Waals surface area (Å²) in [6, 6.07) is 28.0. The van der Waals surface area contributed by atoms with Gasteiger partial charge in [0, 0.05) is 23.4 Å². The average Bonchev–Trinajstić information content (AvgIpc) is 3.28. The van der Waals surface area contributed by atoms with Crippen molar-refractivity contribution >= 4 is 38.9 Å². The van der Waals surface area contributed by atoms with Crippen molar-refractivity contribution < 1.29 is 4.79 Å². The maximum Gasteiger partial charge on any atom is 0.271 e. The van der Waals surface area contributed by atoms with E-state index >= 15 is 0 Å². The lowest BCUT2D eigenvalue weighted by Gasteiger charge is -2.29. The number of rotatable bonds is 9. The number of thiazole rings is 1. The van der Waals surface area contributed by atoms with Crippen molar-refractivity contribution in [2.45, 2.75) is 25.4 Å². The van der Waals surface area contributed by atoms with E-state index in [9.17, 15) is 4.79 Å². The van der Waals surface area contributed by atoms with E-state index in [1.165, 1.54) is 11.3 Å². The van der Waals surface area contributed by atoms with Crippen LogP contribution in [0.25, 0.3) is 0 Å². The fourth-order valence-electron chi connectivity index (χ4n) is 4.06. The van der Waals surface area contributed by atoms with E-state index in [-0.39, 0.29) is 11.9 Å². The summed E-state index contributed by atoms with van der Waals surface area (Å²) in [6.45, 7) is 1.31. The Morgan fingerprint density at radius 3 is 2.14 bits per heavy atom. The number of unbranched alkanes of at least 4 members (excludes halogenated alkanes) is 1. The van der Waals surface area contributed by atoms with Crippen molar-refractivity contribution in [3.63, 3.8) is 0 Å². The molecule has 0 spiro atoms. The number of aromatic nitrogens is 1. The van der Waals surface area contributed by atoms with Gasteiger partial charge in [-0.1, -0.05) is 76.6 Å². The predicted octanol–water partition coefficient (Wildman–Crippen LogP) is 6.15. The molecule has 1 amide bonds. The zero-order valence-corrected chi connectivity index (χ0v) is 22.1. The minimum Gasteiger partial charge on any atom is -0.330 e. The van der Waals surface area contributed by atoms with E-state index in [4.69, 9.17) is 10.7 Å². The third kappa shape index (κ3) is 6.17. The highest BCUT2D eigenvalue weighted by Gasteiger charge is 2.26. The number of halogens is 1. The van der Waals surface area contributed by atoms with E-state index in [0.29, 0.717) is 18.8 Å². The van der Waals surface area contributed by atoms with E-state index in [2.05, 4.69) is 40.2 Å². The van der Waals surface area contributed by atoms with Crippen molar-refractivity contribution in [1.82, 2.24) is 9.47 Å². The molecule has 0 atom stereocenters. The first kappa shape index (κ1) is 25.1. The van der Waals surface area contributed by atoms with Crippen LogP contribution in [0.1, 0.15) is 40.5 Å². The molecule has 0 aliphatic carbocycles. The second-order valence-electron chi connectivity index (χ2n) is 8.28. The van der Waals surface area contributed by atoms with Crippen LogP contribution in [0.3, 0.4) is 0 Å². The maximum atomic E-state index is 13.9. The quantitative estimate of drug-likeness (QED) is 0.255. The third-order valence-electron chi connectivity index (χ3n) is 5.84. The van der Waals surface area contributed by atoms with Gasteiger partial charge in [-0.3, -0.25) is 4.79 Å². The molecule has 7 heteroatoms. The van der Waals surface area contributed by atoms with Crippen LogP contribution in [0.4, 0.5) is 5.69 Å². The molecular weight excluding hydrogens is 520 g/mol. The molecule has 0 aliphatic rings. The monoisotopic (exact) mass is 548 g/mol. The summed E-state index contributed by atoms with van der Waals surface area (Å²) in [7, 11) is 1.88. The Balaban J connectivity index is 1.74. The molecule has 0 fully saturated rings. The van der Waals surface area contributed by atoms with Gasteiger partial charge in [-0.2, -0.15) is 0 Å². The summed E-state index contributed by atoms with van der Waals surface area (Å²) < 4.78 is 3.04. The van der Waals surface area contributed by atoms with E-state index < -0.39 is 0 Å². The van der Waals surface area contributed by atoms with E-state index in [1.54, 1.807) is 0 Å². The van der Waals surface area contributed by atoms with Crippen molar-refractivity contribution in [2.75, 3.05) is 13.6 Å². The van der Waals surface area contributed by atoms with Crippen molar-refractivity contribution in [1.29, 1.82) is 0 Å². The fraction of sp³-hybridized carbons (Fsp3) is 0.214. The molecule has 5 nitrogen and oxygen atoms in total. The van der Waals surface area contributed by atoms with E-state index in [0.717, 1.165) is 38.9 Å². The fourth-order valence-corrected chi connectivity index (χ4v) is 5.24. The van der Waals surface area contributed by atoms with Gasteiger partial charge >= 0.3 is 0 Å². The predicted molar refractivity (Wildman–Crippen MR) is 147 cm³/mol. The molecule has 0 saturated heterocycles. The van der Waals surface area contributed by atoms with Crippen LogP contribution in [0.2, 0.25) is 0 Å². The van der Waals surface area contributed by atoms with Gasteiger partial charge in [0.2, 0.25) is 0 Å². The smallest absolute Gasteiger partial charge is 0.271 e. The van der Waals surface area contributed by atoms with Gasteiger partial charge in [-0.15, -0.1) is 11.3 Å². The normalized spacial score (nSPS) is 11.7. The largest absolute Gasteiger partial charge is 0.330 e. The van der Waals surface area contributed by atoms with Gasteiger partial charge in [0.1, 0.15) is 5.69 Å². The van der Waals surface area contributed by atoms with Crippen LogP contribution in [-0.4, -0.2) is 29.0 Å². The number of hydrogen-bond acceptors (Lipinski definition) is 4. The summed E-state index contributed by atoms with van der Waals surface area (Å²) in [5, 5.41) is 1.92. The Morgan fingerprint density at radius 1 is 0.971 bits per heavy atom. The molecule has 0 saturated carbocycles. The molecule has 35 heavy (non-hydrogen) atoms. The molecule has 0 bridgehead atoms. The van der Waals surface area contributed by atoms with Crippen LogP contribution < -0.4 is 10.5 Å². The maximum absolute atomic E-state index is 13.9. The topological polar surface area (TPSA) is 63.6 Å². The number of hydrogen-bond donors (Lipinski definition) is 1. The highest BCUT2D eigenvalue weighted by Crippen LogP contribution is 2.29. The lowest BCUT2D eigenvalue weighted by Crippen LogP contribution is -2.34. The molecule has 4 rings (SSSR count). The van der Waals surface area contributed by atoms with Gasteiger partial charge in [0.15, 0.2) is 4.80 Å². The molecule has 1 aromatic heterocycles. The van der Waals surface area contributed by atoms with Gasteiger partial charge in [-0.25, -0.2) is 4.99 Å². The van der Waals surface area contributed by atoms with Crippen LogP contribution in [0.15, 0.2) is 99.8 Å². The summed E-state index contributed by atoms with van der Waals surface area (Å²) >= 11 is 4.96. The van der Waals surface area contributed by atoms with Crippen LogP contribution in [0.5, 0.6) is 0 Å². The summed E-state index contributed by atoms with van der Waals surface area (Å²) in [5.74, 6) is -0.0380. The summed E-state index contributed by atoms with van der Waals surface area (Å²) in [6.07, 6.45) is 1.77. The van der Waals surface area contributed by atoms with Gasteiger partial charge in [0.25, 0.3) is 5.91 Å². The molecule has 180 valence electrons. The number of amides is 1. The van der Waals surface area contributed by atoms with Crippen LogP contribution in [-0.2, 0) is 6.54 Å². The first-order valence-corrected chi connectivity index (χ1v) is 13.3. The summed E-state index contributed by atoms with van der Waals surface area (Å²) in [5.41, 5.74) is 9.38. The van der Waals surface area contributed by atoms with Gasteiger partial charge < -0.3 is 15.2 Å². The molecule has 4 aromatic rings. The SMILES string of the molecule is CN(C(=O)c1csc(=Nc2ccc(Br)cc2)n1CCCCN)C(c1ccccc1)c1ccccc1. The molecular formula is C28H29BrN4OS. The summed E-state index contributed by atoms with van der Waals surface area (Å²) in [4.78, 5) is 21.4. The number of nitrogens with zero attached hydrogens (tertiary/aromatic N) is 3. The Labute approximate surface area is 218 Å². The standard InChI is InChI=1S/C28H29BrN4OS/c1-32(26(21-10-4-2-5-11-21)22-12-6-3-7-13-22)27(34)25-20-35-28(33(25)19-9-8-18-30)31-24-16-14-23(29)15-17-24/h2-7,10-17,20,26H,8-9,18-19,30H2,1H3. The van der Waals surface area contributed by atoms with Gasteiger partial charge in [-0.05, 0) is 54.8 Å². The lowest BCUT2D eigenvalue weighted by molar-refractivity contribution is 0.0743. The Hall–Kier alpha value is -3.00. The Kier molecular flexibility index (Phi) is 8.69. The highest BCUT2D eigenvalue weighted by atomic mass is 79.9. The van der Waals surface area contributed by atoms with Crippen molar-refractivity contribution in [3.05, 3.63) is 116 Å². The zero-order valence-electron chi connectivity index (χ0n) is 19.7. The first-order chi connectivity index (χ1) is 17.1. The Bertz CT molecular complexity index is 1260. The molecule has 0 aliphatic heterocycles. The second-order valence-corrected chi connectivity index (χ2v) is 10.0. The first-order valence-electron chi connectivity index (χ1n) is 11.6. The second kappa shape index (κ2) is 12.1. The van der Waals surface area contributed by atoms with Crippen LogP contribution in [0, 0.1) is 0 Å². The minimum absolute atomic E-state index is 0.0380. The minimum atomic E-state index is -0.200. The molecule has 3 aromatic carbocycles. The average molecular weight is 550 g/mol. The number of benzene rings is 3.